The lowest BCUT2D eigenvalue weighted by atomic mass is 10.1. The topological polar surface area (TPSA) is 63.7 Å². The van der Waals surface area contributed by atoms with Gasteiger partial charge in [-0.1, -0.05) is 29.8 Å². The maximum absolute atomic E-state index is 12.2. The molecule has 1 atom stereocenters. The molecule has 1 fully saturated rings. The van der Waals surface area contributed by atoms with Crippen molar-refractivity contribution in [2.24, 2.45) is 5.92 Å². The third-order valence-electron chi connectivity index (χ3n) is 4.04. The van der Waals surface area contributed by atoms with Gasteiger partial charge >= 0.3 is 5.97 Å². The van der Waals surface area contributed by atoms with E-state index in [1.807, 2.05) is 30.3 Å². The number of Topliss-reactive ketones (excluding diaryl/α,β-unsaturated/α-hetero) is 1. The molecule has 0 saturated carbocycles. The Morgan fingerprint density at radius 3 is 2.44 bits per heavy atom. The molecule has 3 rings (SSSR count). The van der Waals surface area contributed by atoms with Crippen molar-refractivity contribution in [2.45, 2.75) is 6.42 Å². The predicted molar refractivity (Wildman–Crippen MR) is 93.6 cm³/mol. The number of hydrogen-bond donors (Lipinski definition) is 0. The Hall–Kier alpha value is -2.66. The zero-order chi connectivity index (χ0) is 17.8. The summed E-state index contributed by atoms with van der Waals surface area (Å²) in [5.41, 5.74) is 1.17. The fourth-order valence-corrected chi connectivity index (χ4v) is 2.82. The average molecular weight is 358 g/mol. The van der Waals surface area contributed by atoms with Crippen molar-refractivity contribution in [1.29, 1.82) is 0 Å². The lowest BCUT2D eigenvalue weighted by Gasteiger charge is -2.16. The third-order valence-corrected chi connectivity index (χ3v) is 4.29. The van der Waals surface area contributed by atoms with E-state index in [1.54, 1.807) is 29.2 Å². The molecule has 0 aliphatic carbocycles. The number of carbonyl (C=O) groups is 3. The first-order valence-corrected chi connectivity index (χ1v) is 8.23. The molecule has 0 radical (unpaired) electrons. The number of benzene rings is 2. The molecule has 1 saturated heterocycles. The number of amides is 1. The predicted octanol–water partition coefficient (Wildman–Crippen LogP) is 3.12. The summed E-state index contributed by atoms with van der Waals surface area (Å²) in [5, 5.41) is 0.527. The van der Waals surface area contributed by atoms with Crippen molar-refractivity contribution < 1.29 is 19.1 Å². The number of halogens is 1. The van der Waals surface area contributed by atoms with E-state index in [2.05, 4.69) is 0 Å². The van der Waals surface area contributed by atoms with Gasteiger partial charge in [-0.2, -0.15) is 0 Å². The van der Waals surface area contributed by atoms with E-state index in [1.165, 1.54) is 0 Å². The zero-order valence-electron chi connectivity index (χ0n) is 13.4. The summed E-state index contributed by atoms with van der Waals surface area (Å²) in [4.78, 5) is 37.9. The molecule has 2 aromatic rings. The Labute approximate surface area is 150 Å². The molecule has 25 heavy (non-hydrogen) atoms. The van der Waals surface area contributed by atoms with Gasteiger partial charge in [0.05, 0.1) is 5.92 Å². The highest BCUT2D eigenvalue weighted by Gasteiger charge is 2.36. The standard InChI is InChI=1S/C19H16ClNO4/c20-15-8-6-13(7-9-15)17(22)12-25-19(24)14-10-18(23)21(11-14)16-4-2-1-3-5-16/h1-9,14H,10-12H2/t14-/m1/s1. The molecular formula is C19H16ClNO4. The van der Waals surface area contributed by atoms with E-state index in [-0.39, 0.29) is 31.3 Å². The van der Waals surface area contributed by atoms with Crippen LogP contribution in [-0.4, -0.2) is 30.8 Å². The highest BCUT2D eigenvalue weighted by molar-refractivity contribution is 6.30. The number of hydrogen-bond acceptors (Lipinski definition) is 4. The molecule has 6 heteroatoms. The maximum Gasteiger partial charge on any atom is 0.311 e. The minimum atomic E-state index is -0.564. The van der Waals surface area contributed by atoms with Crippen molar-refractivity contribution in [1.82, 2.24) is 0 Å². The van der Waals surface area contributed by atoms with E-state index in [9.17, 15) is 14.4 Å². The zero-order valence-corrected chi connectivity index (χ0v) is 14.1. The van der Waals surface area contributed by atoms with E-state index in [0.717, 1.165) is 5.69 Å². The highest BCUT2D eigenvalue weighted by atomic mass is 35.5. The Kier molecular flexibility index (Phi) is 5.14. The van der Waals surface area contributed by atoms with Gasteiger partial charge in [0.25, 0.3) is 0 Å². The number of esters is 1. The molecule has 1 heterocycles. The van der Waals surface area contributed by atoms with Gasteiger partial charge in [-0.15, -0.1) is 0 Å². The molecule has 0 unspecified atom stereocenters. The summed E-state index contributed by atoms with van der Waals surface area (Å²) in [6.07, 6.45) is 0.0862. The molecule has 0 bridgehead atoms. The number of para-hydroxylation sites is 1. The smallest absolute Gasteiger partial charge is 0.311 e. The van der Waals surface area contributed by atoms with E-state index in [0.29, 0.717) is 10.6 Å². The van der Waals surface area contributed by atoms with Crippen LogP contribution in [0.5, 0.6) is 0 Å². The molecule has 1 aliphatic heterocycles. The van der Waals surface area contributed by atoms with Gasteiger partial charge in [-0.05, 0) is 36.4 Å². The summed E-state index contributed by atoms with van der Waals surface area (Å²) < 4.78 is 5.10. The van der Waals surface area contributed by atoms with Gasteiger partial charge in [0.1, 0.15) is 0 Å². The molecule has 2 aromatic carbocycles. The van der Waals surface area contributed by atoms with Crippen molar-refractivity contribution in [3.05, 3.63) is 65.2 Å². The normalized spacial score (nSPS) is 16.8. The molecule has 128 valence electrons. The van der Waals surface area contributed by atoms with Gasteiger partial charge in [0.15, 0.2) is 12.4 Å². The van der Waals surface area contributed by atoms with Crippen LogP contribution in [0, 0.1) is 5.92 Å². The molecule has 1 aliphatic rings. The minimum Gasteiger partial charge on any atom is -0.457 e. The average Bonchev–Trinajstić information content (AvgIpc) is 3.02. The van der Waals surface area contributed by atoms with Gasteiger partial charge in [0, 0.05) is 29.2 Å². The van der Waals surface area contributed by atoms with Gasteiger partial charge in [-0.25, -0.2) is 0 Å². The SMILES string of the molecule is O=C(COC(=O)[C@@H]1CC(=O)N(c2ccccc2)C1)c1ccc(Cl)cc1. The van der Waals surface area contributed by atoms with Crippen molar-refractivity contribution in [3.8, 4) is 0 Å². The summed E-state index contributed by atoms with van der Waals surface area (Å²) in [6.45, 7) is -0.0900. The van der Waals surface area contributed by atoms with Crippen LogP contribution in [0.1, 0.15) is 16.8 Å². The van der Waals surface area contributed by atoms with Crippen LogP contribution in [0.4, 0.5) is 5.69 Å². The van der Waals surface area contributed by atoms with Crippen LogP contribution in [0.25, 0.3) is 0 Å². The van der Waals surface area contributed by atoms with Crippen LogP contribution in [0.15, 0.2) is 54.6 Å². The molecule has 0 spiro atoms. The summed E-state index contributed by atoms with van der Waals surface area (Å²) in [6, 6.07) is 15.5. The Morgan fingerprint density at radius 1 is 1.08 bits per heavy atom. The van der Waals surface area contributed by atoms with Crippen LogP contribution >= 0.6 is 11.6 Å². The highest BCUT2D eigenvalue weighted by Crippen LogP contribution is 2.25. The van der Waals surface area contributed by atoms with E-state index in [4.69, 9.17) is 16.3 Å². The molecule has 0 N–H and O–H groups in total. The van der Waals surface area contributed by atoms with Crippen LogP contribution < -0.4 is 4.90 Å². The molecule has 0 aromatic heterocycles. The fraction of sp³-hybridized carbons (Fsp3) is 0.211. The van der Waals surface area contributed by atoms with Crippen molar-refractivity contribution in [3.63, 3.8) is 0 Å². The number of carbonyl (C=O) groups excluding carboxylic acids is 3. The quantitative estimate of drug-likeness (QED) is 0.609. The summed E-state index contributed by atoms with van der Waals surface area (Å²) in [7, 11) is 0. The first-order valence-electron chi connectivity index (χ1n) is 7.85. The van der Waals surface area contributed by atoms with Crippen LogP contribution in [0.2, 0.25) is 5.02 Å². The third kappa shape index (κ3) is 4.06. The number of rotatable bonds is 5. The van der Waals surface area contributed by atoms with Crippen LogP contribution in [0.3, 0.4) is 0 Å². The van der Waals surface area contributed by atoms with Gasteiger partial charge in [0.2, 0.25) is 5.91 Å². The number of anilines is 1. The minimum absolute atomic E-state index is 0.0862. The second-order valence-electron chi connectivity index (χ2n) is 5.78. The summed E-state index contributed by atoms with van der Waals surface area (Å²) >= 11 is 5.77. The fourth-order valence-electron chi connectivity index (χ4n) is 2.70. The lowest BCUT2D eigenvalue weighted by Crippen LogP contribution is -2.27. The van der Waals surface area contributed by atoms with Crippen molar-refractivity contribution >= 4 is 34.9 Å². The summed E-state index contributed by atoms with van der Waals surface area (Å²) in [5.74, 6) is -1.54. The lowest BCUT2D eigenvalue weighted by molar-refractivity contribution is -0.147. The number of ketones is 1. The Bertz CT molecular complexity index is 789. The van der Waals surface area contributed by atoms with Crippen molar-refractivity contribution in [2.75, 3.05) is 18.1 Å². The number of nitrogens with zero attached hydrogens (tertiary/aromatic N) is 1. The molecule has 1 amide bonds. The van der Waals surface area contributed by atoms with Crippen LogP contribution in [-0.2, 0) is 14.3 Å². The first-order chi connectivity index (χ1) is 12.0. The number of ether oxygens (including phenoxy) is 1. The monoisotopic (exact) mass is 357 g/mol. The van der Waals surface area contributed by atoms with E-state index >= 15 is 0 Å². The largest absolute Gasteiger partial charge is 0.457 e. The second kappa shape index (κ2) is 7.49. The van der Waals surface area contributed by atoms with Gasteiger partial charge < -0.3 is 9.64 Å². The van der Waals surface area contributed by atoms with Gasteiger partial charge in [-0.3, -0.25) is 14.4 Å². The maximum atomic E-state index is 12.2. The first kappa shape index (κ1) is 17.2. The second-order valence-corrected chi connectivity index (χ2v) is 6.22. The Morgan fingerprint density at radius 2 is 1.76 bits per heavy atom. The van der Waals surface area contributed by atoms with E-state index < -0.39 is 11.9 Å². The Balaban J connectivity index is 1.56. The molecular weight excluding hydrogens is 342 g/mol. The molecule has 5 nitrogen and oxygen atoms in total.